The number of nitrogens with one attached hydrogen (secondary N) is 2. The number of anilines is 4. The van der Waals surface area contributed by atoms with Gasteiger partial charge in [0.05, 0.1) is 19.0 Å². The minimum atomic E-state index is 0.314. The third-order valence-electron chi connectivity index (χ3n) is 3.08. The Morgan fingerprint density at radius 1 is 0.958 bits per heavy atom. The summed E-state index contributed by atoms with van der Waals surface area (Å²) in [6, 6.07) is 12.5. The minimum Gasteiger partial charge on any atom is -0.495 e. The molecule has 3 rings (SSSR count). The molecule has 0 saturated carbocycles. The number of halogens is 2. The molecule has 8 heteroatoms. The van der Waals surface area contributed by atoms with Crippen LogP contribution in [0.25, 0.3) is 0 Å². The van der Waals surface area contributed by atoms with Crippen LogP contribution in [0.4, 0.5) is 23.1 Å². The fourth-order valence-electron chi connectivity index (χ4n) is 2.00. The summed E-state index contributed by atoms with van der Waals surface area (Å²) in [5.74, 6) is 1.48. The molecule has 0 aliphatic heterocycles. The average Bonchev–Trinajstić information content (AvgIpc) is 2.58. The molecule has 0 spiro atoms. The van der Waals surface area contributed by atoms with Gasteiger partial charge in [0.1, 0.15) is 5.75 Å². The van der Waals surface area contributed by atoms with Gasteiger partial charge in [-0.25, -0.2) is 0 Å². The van der Waals surface area contributed by atoms with Gasteiger partial charge in [0.15, 0.2) is 5.82 Å². The van der Waals surface area contributed by atoms with Crippen LogP contribution in [0, 0.1) is 0 Å². The average molecular weight is 362 g/mol. The molecule has 0 fully saturated rings. The highest BCUT2D eigenvalue weighted by atomic mass is 35.5. The first kappa shape index (κ1) is 16.3. The molecule has 1 aromatic heterocycles. The fourth-order valence-corrected chi connectivity index (χ4v) is 2.29. The van der Waals surface area contributed by atoms with Crippen LogP contribution in [0.1, 0.15) is 0 Å². The van der Waals surface area contributed by atoms with Gasteiger partial charge in [0.25, 0.3) is 0 Å². The van der Waals surface area contributed by atoms with Crippen molar-refractivity contribution in [1.82, 2.24) is 15.2 Å². The molecule has 2 aromatic carbocycles. The van der Waals surface area contributed by atoms with Crippen molar-refractivity contribution in [2.45, 2.75) is 0 Å². The smallest absolute Gasteiger partial charge is 0.249 e. The molecule has 0 bridgehead atoms. The molecular weight excluding hydrogens is 349 g/mol. The number of aromatic nitrogens is 3. The lowest BCUT2D eigenvalue weighted by atomic mass is 10.3. The number of hydrogen-bond acceptors (Lipinski definition) is 6. The Balaban J connectivity index is 1.80. The molecule has 0 aliphatic rings. The van der Waals surface area contributed by atoms with E-state index in [1.54, 1.807) is 37.4 Å². The van der Waals surface area contributed by atoms with Crippen molar-refractivity contribution in [3.63, 3.8) is 0 Å². The van der Waals surface area contributed by atoms with Crippen LogP contribution in [0.15, 0.2) is 48.7 Å². The van der Waals surface area contributed by atoms with Crippen molar-refractivity contribution in [3.05, 3.63) is 58.7 Å². The zero-order valence-corrected chi connectivity index (χ0v) is 14.1. The van der Waals surface area contributed by atoms with E-state index in [9.17, 15) is 0 Å². The molecule has 6 nitrogen and oxygen atoms in total. The molecule has 0 aliphatic carbocycles. The van der Waals surface area contributed by atoms with Gasteiger partial charge in [0.2, 0.25) is 5.95 Å². The number of ether oxygens (including phenoxy) is 1. The zero-order valence-electron chi connectivity index (χ0n) is 12.6. The van der Waals surface area contributed by atoms with Crippen LogP contribution < -0.4 is 15.4 Å². The number of methoxy groups -OCH3 is 1. The fraction of sp³-hybridized carbons (Fsp3) is 0.0625. The molecule has 0 radical (unpaired) electrons. The number of nitrogens with zero attached hydrogens (tertiary/aromatic N) is 3. The second-order valence-electron chi connectivity index (χ2n) is 4.77. The molecule has 0 atom stereocenters. The second kappa shape index (κ2) is 7.33. The zero-order chi connectivity index (χ0) is 16.9. The highest BCUT2D eigenvalue weighted by Gasteiger charge is 2.07. The van der Waals surface area contributed by atoms with Crippen molar-refractivity contribution in [2.75, 3.05) is 17.7 Å². The summed E-state index contributed by atoms with van der Waals surface area (Å²) in [6.45, 7) is 0. The van der Waals surface area contributed by atoms with E-state index in [-0.39, 0.29) is 0 Å². The SMILES string of the molecule is COc1ccc(Cl)cc1Nc1nncc(Nc2ccc(Cl)cc2)n1. The molecule has 0 saturated heterocycles. The van der Waals surface area contributed by atoms with Gasteiger partial charge in [0, 0.05) is 15.7 Å². The molecule has 1 heterocycles. The van der Waals surface area contributed by atoms with E-state index >= 15 is 0 Å². The molecule has 2 N–H and O–H groups in total. The Labute approximate surface area is 148 Å². The standard InChI is InChI=1S/C16H13Cl2N5O/c1-24-14-7-4-11(18)8-13(14)21-16-22-15(9-19-23-16)20-12-5-2-10(17)3-6-12/h2-9H,1H3,(H2,20,21,22,23). The number of hydrogen-bond donors (Lipinski definition) is 2. The van der Waals surface area contributed by atoms with Crippen molar-refractivity contribution in [3.8, 4) is 5.75 Å². The maximum absolute atomic E-state index is 6.02. The lowest BCUT2D eigenvalue weighted by Gasteiger charge is -2.11. The highest BCUT2D eigenvalue weighted by molar-refractivity contribution is 6.31. The third-order valence-corrected chi connectivity index (χ3v) is 3.57. The Bertz CT molecular complexity index is 842. The Morgan fingerprint density at radius 3 is 2.46 bits per heavy atom. The summed E-state index contributed by atoms with van der Waals surface area (Å²) in [6.07, 6.45) is 1.52. The van der Waals surface area contributed by atoms with Gasteiger partial charge in [-0.05, 0) is 42.5 Å². The van der Waals surface area contributed by atoms with Gasteiger partial charge in [-0.1, -0.05) is 23.2 Å². The van der Waals surface area contributed by atoms with Gasteiger partial charge in [-0.3, -0.25) is 0 Å². The van der Waals surface area contributed by atoms with Crippen molar-refractivity contribution < 1.29 is 4.74 Å². The van der Waals surface area contributed by atoms with Crippen LogP contribution in [-0.2, 0) is 0 Å². The van der Waals surface area contributed by atoms with Crippen molar-refractivity contribution >= 4 is 46.3 Å². The monoisotopic (exact) mass is 361 g/mol. The summed E-state index contributed by atoms with van der Waals surface area (Å²) in [5, 5.41) is 15.3. The van der Waals surface area contributed by atoms with E-state index in [2.05, 4.69) is 25.8 Å². The van der Waals surface area contributed by atoms with Crippen LogP contribution in [0.3, 0.4) is 0 Å². The number of rotatable bonds is 5. The molecule has 0 amide bonds. The van der Waals surface area contributed by atoms with Crippen molar-refractivity contribution in [2.24, 2.45) is 0 Å². The van der Waals surface area contributed by atoms with Crippen LogP contribution in [0.2, 0.25) is 10.0 Å². The maximum atomic E-state index is 6.02. The predicted octanol–water partition coefficient (Wildman–Crippen LogP) is 4.67. The minimum absolute atomic E-state index is 0.314. The van der Waals surface area contributed by atoms with Crippen LogP contribution >= 0.6 is 23.2 Å². The third kappa shape index (κ3) is 4.04. The lowest BCUT2D eigenvalue weighted by molar-refractivity contribution is 0.417. The quantitative estimate of drug-likeness (QED) is 0.687. The van der Waals surface area contributed by atoms with E-state index in [1.165, 1.54) is 6.20 Å². The second-order valence-corrected chi connectivity index (χ2v) is 5.64. The summed E-state index contributed by atoms with van der Waals surface area (Å²) in [4.78, 5) is 4.36. The van der Waals surface area contributed by atoms with Gasteiger partial charge < -0.3 is 15.4 Å². The van der Waals surface area contributed by atoms with Crippen LogP contribution in [0.5, 0.6) is 5.75 Å². The van der Waals surface area contributed by atoms with E-state index < -0.39 is 0 Å². The first-order valence-electron chi connectivity index (χ1n) is 6.97. The molecule has 0 unspecified atom stereocenters. The largest absolute Gasteiger partial charge is 0.495 e. The predicted molar refractivity (Wildman–Crippen MR) is 95.8 cm³/mol. The Kier molecular flexibility index (Phi) is 4.98. The molecule has 24 heavy (non-hydrogen) atoms. The molecule has 3 aromatic rings. The first-order chi connectivity index (χ1) is 11.6. The molecule has 122 valence electrons. The summed E-state index contributed by atoms with van der Waals surface area (Å²) in [5.41, 5.74) is 1.49. The normalized spacial score (nSPS) is 10.3. The summed E-state index contributed by atoms with van der Waals surface area (Å²) >= 11 is 11.9. The Morgan fingerprint density at radius 2 is 1.71 bits per heavy atom. The highest BCUT2D eigenvalue weighted by Crippen LogP contribution is 2.29. The first-order valence-corrected chi connectivity index (χ1v) is 7.72. The van der Waals surface area contributed by atoms with Gasteiger partial charge in [-0.15, -0.1) is 5.10 Å². The molecular formula is C16H13Cl2N5O. The summed E-state index contributed by atoms with van der Waals surface area (Å²) in [7, 11) is 1.58. The maximum Gasteiger partial charge on any atom is 0.249 e. The van der Waals surface area contributed by atoms with E-state index in [1.807, 2.05) is 12.1 Å². The van der Waals surface area contributed by atoms with E-state index in [0.717, 1.165) is 5.69 Å². The topological polar surface area (TPSA) is 72.0 Å². The Hall–Kier alpha value is -2.57. The van der Waals surface area contributed by atoms with Gasteiger partial charge >= 0.3 is 0 Å². The van der Waals surface area contributed by atoms with Crippen LogP contribution in [-0.4, -0.2) is 22.3 Å². The summed E-state index contributed by atoms with van der Waals surface area (Å²) < 4.78 is 5.28. The van der Waals surface area contributed by atoms with Gasteiger partial charge in [-0.2, -0.15) is 10.1 Å². The number of benzene rings is 2. The van der Waals surface area contributed by atoms with E-state index in [0.29, 0.717) is 33.2 Å². The van der Waals surface area contributed by atoms with Crippen molar-refractivity contribution in [1.29, 1.82) is 0 Å². The lowest BCUT2D eigenvalue weighted by Crippen LogP contribution is -2.03. The van der Waals surface area contributed by atoms with E-state index in [4.69, 9.17) is 27.9 Å².